The number of aromatic nitrogens is 3. The van der Waals surface area contributed by atoms with Crippen LogP contribution in [0.3, 0.4) is 0 Å². The maximum atomic E-state index is 15.0. The number of likely N-dealkylation sites (N-methyl/N-ethyl adjacent to an activating group) is 1. The summed E-state index contributed by atoms with van der Waals surface area (Å²) in [6.45, 7) is -0.663. The minimum atomic E-state index is -1.78. The highest BCUT2D eigenvalue weighted by atomic mass is 19.1. The Morgan fingerprint density at radius 1 is 1.06 bits per heavy atom. The van der Waals surface area contributed by atoms with Gasteiger partial charge in [-0.1, -0.05) is 6.08 Å². The van der Waals surface area contributed by atoms with Crippen molar-refractivity contribution in [3.63, 3.8) is 0 Å². The van der Waals surface area contributed by atoms with Crippen LogP contribution in [0, 0.1) is 23.3 Å². The summed E-state index contributed by atoms with van der Waals surface area (Å²) >= 11 is 0. The molecular weight excluding hydrogens is 660 g/mol. The molecule has 258 valence electrons. The van der Waals surface area contributed by atoms with Gasteiger partial charge in [0.25, 0.3) is 5.56 Å². The van der Waals surface area contributed by atoms with Crippen LogP contribution >= 0.6 is 0 Å². The van der Waals surface area contributed by atoms with Gasteiger partial charge >= 0.3 is 12.2 Å². The zero-order valence-electron chi connectivity index (χ0n) is 26.0. The van der Waals surface area contributed by atoms with Gasteiger partial charge in [-0.15, -0.1) is 0 Å². The molecule has 0 aliphatic carbocycles. The van der Waals surface area contributed by atoms with E-state index in [0.29, 0.717) is 16.7 Å². The summed E-state index contributed by atoms with van der Waals surface area (Å²) in [5.41, 5.74) is -2.66. The number of carboxylic acid groups (broad SMARTS) is 1. The number of ether oxygens (including phenoxy) is 2. The van der Waals surface area contributed by atoms with Crippen molar-refractivity contribution < 1.29 is 51.3 Å². The lowest BCUT2D eigenvalue weighted by Gasteiger charge is -2.17. The van der Waals surface area contributed by atoms with E-state index in [1.807, 2.05) is 0 Å². The highest BCUT2D eigenvalue weighted by Crippen LogP contribution is 2.36. The summed E-state index contributed by atoms with van der Waals surface area (Å²) in [5.74, 6) is -8.15. The van der Waals surface area contributed by atoms with Crippen LogP contribution in [-0.2, 0) is 20.9 Å². The molecular formula is C31H28F4N6O8. The number of alkyl carbamates (subject to hydrolysis) is 1. The van der Waals surface area contributed by atoms with Gasteiger partial charge in [-0.25, -0.2) is 36.7 Å². The van der Waals surface area contributed by atoms with Crippen molar-refractivity contribution >= 4 is 40.7 Å². The van der Waals surface area contributed by atoms with E-state index in [0.717, 1.165) is 23.8 Å². The summed E-state index contributed by atoms with van der Waals surface area (Å²) < 4.78 is 68.6. The van der Waals surface area contributed by atoms with Crippen LogP contribution in [0.1, 0.15) is 18.7 Å². The number of halogens is 4. The molecule has 3 amide bonds. The SMILES string of the molecule is COC(=O)N[C@@H](CC/C=C/C(=O)N(C)C)C(=O)Nc1cccn(Cc2nc3c(Oc4ccc(F)cc4F)c(F)cc(F)c3n2C(=O)O)c1=O. The average Bonchev–Trinajstić information content (AvgIpc) is 3.43. The number of benzene rings is 2. The molecule has 0 bridgehead atoms. The molecule has 2 heterocycles. The quantitative estimate of drug-likeness (QED) is 0.154. The van der Waals surface area contributed by atoms with Crippen LogP contribution in [0.15, 0.2) is 59.5 Å². The van der Waals surface area contributed by atoms with Crippen molar-refractivity contribution in [3.8, 4) is 11.5 Å². The molecule has 0 spiro atoms. The van der Waals surface area contributed by atoms with Gasteiger partial charge in [-0.3, -0.25) is 14.4 Å². The summed E-state index contributed by atoms with van der Waals surface area (Å²) in [4.78, 5) is 67.7. The molecule has 1 atom stereocenters. The van der Waals surface area contributed by atoms with Gasteiger partial charge in [-0.2, -0.15) is 0 Å². The number of fused-ring (bicyclic) bond motifs is 1. The predicted molar refractivity (Wildman–Crippen MR) is 164 cm³/mol. The molecule has 0 radical (unpaired) electrons. The van der Waals surface area contributed by atoms with Gasteiger partial charge in [-0.05, 0) is 43.2 Å². The Kier molecular flexibility index (Phi) is 11.0. The first kappa shape index (κ1) is 35.7. The second-order valence-electron chi connectivity index (χ2n) is 10.4. The predicted octanol–water partition coefficient (Wildman–Crippen LogP) is 4.21. The maximum Gasteiger partial charge on any atom is 0.417 e. The summed E-state index contributed by atoms with van der Waals surface area (Å²) in [6.07, 6.45) is 1.41. The number of carbonyl (C=O) groups excluding carboxylic acids is 3. The Labute approximate surface area is 274 Å². The zero-order chi connectivity index (χ0) is 36.0. The van der Waals surface area contributed by atoms with Crippen molar-refractivity contribution in [2.24, 2.45) is 0 Å². The molecule has 4 rings (SSSR count). The van der Waals surface area contributed by atoms with Crippen LogP contribution < -0.4 is 20.9 Å². The van der Waals surface area contributed by atoms with Crippen molar-refractivity contribution in [2.45, 2.75) is 25.4 Å². The van der Waals surface area contributed by atoms with Crippen LogP contribution in [-0.4, -0.2) is 75.4 Å². The molecule has 0 saturated heterocycles. The van der Waals surface area contributed by atoms with E-state index in [2.05, 4.69) is 20.4 Å². The molecule has 18 heteroatoms. The van der Waals surface area contributed by atoms with Crippen molar-refractivity contribution in [1.29, 1.82) is 0 Å². The largest absolute Gasteiger partial charge is 0.464 e. The van der Waals surface area contributed by atoms with Crippen molar-refractivity contribution in [3.05, 3.63) is 94.2 Å². The summed E-state index contributed by atoms with van der Waals surface area (Å²) in [5, 5.41) is 14.6. The van der Waals surface area contributed by atoms with Crippen LogP contribution in [0.5, 0.6) is 11.5 Å². The highest BCUT2D eigenvalue weighted by molar-refractivity contribution is 5.96. The first-order chi connectivity index (χ1) is 23.2. The smallest absolute Gasteiger partial charge is 0.417 e. The normalized spacial score (nSPS) is 11.7. The number of carbonyl (C=O) groups is 4. The Morgan fingerprint density at radius 3 is 2.45 bits per heavy atom. The van der Waals surface area contributed by atoms with E-state index in [4.69, 9.17) is 4.74 Å². The zero-order valence-corrected chi connectivity index (χ0v) is 26.0. The minimum absolute atomic E-state index is 0.00382. The fourth-order valence-corrected chi connectivity index (χ4v) is 4.48. The summed E-state index contributed by atoms with van der Waals surface area (Å²) in [6, 6.07) is 3.71. The number of nitrogens with zero attached hydrogens (tertiary/aromatic N) is 4. The third-order valence-electron chi connectivity index (χ3n) is 6.86. The third-order valence-corrected chi connectivity index (χ3v) is 6.86. The molecule has 0 fully saturated rings. The van der Waals surface area contributed by atoms with Gasteiger partial charge in [0.15, 0.2) is 29.0 Å². The van der Waals surface area contributed by atoms with Crippen LogP contribution in [0.4, 0.5) is 32.8 Å². The molecule has 2 aromatic heterocycles. The second kappa shape index (κ2) is 15.1. The fraction of sp³-hybridized carbons (Fsp3) is 0.226. The number of amides is 3. The minimum Gasteiger partial charge on any atom is -0.464 e. The molecule has 3 N–H and O–H groups in total. The first-order valence-corrected chi connectivity index (χ1v) is 14.2. The standard InChI is InChI=1S/C31H28F4N6O8/c1-39(2)24(42)9-5-4-7-20(37-30(45)48-3)28(43)36-21-8-6-12-40(29(21)44)15-23-38-25-26(41(23)31(46)47)18(34)14-19(35)27(25)49-22-11-10-16(32)13-17(22)33/h5-6,8-14,20H,4,7,15H2,1-3H3,(H,36,43)(H,37,45)(H,46,47)/b9-5+/t20-/m0/s1. The number of pyridine rings is 1. The van der Waals surface area contributed by atoms with Gasteiger partial charge in [0, 0.05) is 32.4 Å². The number of hydrogen-bond donors (Lipinski definition) is 3. The second-order valence-corrected chi connectivity index (χ2v) is 10.4. The van der Waals surface area contributed by atoms with Gasteiger partial charge in [0.2, 0.25) is 11.8 Å². The van der Waals surface area contributed by atoms with Gasteiger partial charge in [0.05, 0.1) is 13.7 Å². The van der Waals surface area contributed by atoms with Gasteiger partial charge in [0.1, 0.15) is 34.4 Å². The van der Waals surface area contributed by atoms with E-state index < -0.39 is 87.9 Å². The van der Waals surface area contributed by atoms with Crippen molar-refractivity contribution in [2.75, 3.05) is 26.5 Å². The first-order valence-electron chi connectivity index (χ1n) is 14.2. The number of nitrogens with one attached hydrogen (secondary N) is 2. The number of methoxy groups -OCH3 is 1. The maximum absolute atomic E-state index is 15.0. The molecule has 0 saturated carbocycles. The Hall–Kier alpha value is -6.20. The highest BCUT2D eigenvalue weighted by Gasteiger charge is 2.27. The summed E-state index contributed by atoms with van der Waals surface area (Å²) in [7, 11) is 4.18. The molecule has 2 aromatic carbocycles. The average molecular weight is 689 g/mol. The molecule has 0 aliphatic rings. The lowest BCUT2D eigenvalue weighted by Crippen LogP contribution is -2.44. The monoisotopic (exact) mass is 688 g/mol. The molecule has 0 unspecified atom stereocenters. The molecule has 4 aromatic rings. The van der Waals surface area contributed by atoms with Crippen molar-refractivity contribution in [1.82, 2.24) is 24.3 Å². The number of imidazole rings is 1. The number of anilines is 1. The van der Waals surface area contributed by atoms with E-state index in [-0.39, 0.29) is 24.4 Å². The lowest BCUT2D eigenvalue weighted by molar-refractivity contribution is -0.123. The Bertz CT molecular complexity index is 2030. The number of hydrogen-bond acceptors (Lipinski definition) is 8. The van der Waals surface area contributed by atoms with E-state index >= 15 is 4.39 Å². The fourth-order valence-electron chi connectivity index (χ4n) is 4.48. The Balaban J connectivity index is 1.66. The topological polar surface area (TPSA) is 174 Å². The van der Waals surface area contributed by atoms with Crippen LogP contribution in [0.25, 0.3) is 11.0 Å². The molecule has 0 aliphatic heterocycles. The lowest BCUT2D eigenvalue weighted by atomic mass is 10.1. The van der Waals surface area contributed by atoms with E-state index in [9.17, 15) is 42.3 Å². The number of rotatable bonds is 11. The van der Waals surface area contributed by atoms with E-state index in [1.54, 1.807) is 14.1 Å². The van der Waals surface area contributed by atoms with Gasteiger partial charge < -0.3 is 34.7 Å². The molecule has 49 heavy (non-hydrogen) atoms. The third kappa shape index (κ3) is 8.21. The van der Waals surface area contributed by atoms with Crippen LogP contribution in [0.2, 0.25) is 0 Å². The van der Waals surface area contributed by atoms with E-state index in [1.165, 1.54) is 35.4 Å². The number of allylic oxidation sites excluding steroid dienone is 1. The molecule has 14 nitrogen and oxygen atoms in total. The Morgan fingerprint density at radius 2 is 1.80 bits per heavy atom.